The van der Waals surface area contributed by atoms with Gasteiger partial charge in [0.25, 0.3) is 5.91 Å². The van der Waals surface area contributed by atoms with Crippen LogP contribution in [0.4, 0.5) is 18.9 Å². The molecule has 1 fully saturated rings. The Bertz CT molecular complexity index is 1460. The first-order chi connectivity index (χ1) is 19.2. The molecule has 3 aromatic rings. The Kier molecular flexibility index (Phi) is 7.94. The molecular formula is C29H32F3N7O2. The molecule has 3 heterocycles. The highest BCUT2D eigenvalue weighted by molar-refractivity contribution is 6.04. The summed E-state index contributed by atoms with van der Waals surface area (Å²) < 4.78 is 39.8. The highest BCUT2D eigenvalue weighted by Crippen LogP contribution is 2.40. The molecule has 0 aromatic carbocycles. The average molecular weight is 568 g/mol. The van der Waals surface area contributed by atoms with Gasteiger partial charge in [-0.05, 0) is 56.9 Å². The maximum absolute atomic E-state index is 13.0. The number of aromatic nitrogens is 4. The third-order valence-electron chi connectivity index (χ3n) is 7.59. The van der Waals surface area contributed by atoms with E-state index in [0.717, 1.165) is 6.07 Å². The number of carbonyl (C=O) groups excluding carboxylic acids is 2. The number of hydrogen-bond donors (Lipinski definition) is 1. The van der Waals surface area contributed by atoms with Gasteiger partial charge in [-0.2, -0.15) is 23.5 Å². The second-order valence-corrected chi connectivity index (χ2v) is 11.4. The van der Waals surface area contributed by atoms with Crippen molar-refractivity contribution in [1.82, 2.24) is 24.6 Å². The normalized spacial score (nSPS) is 19.3. The van der Waals surface area contributed by atoms with Gasteiger partial charge in [-0.15, -0.1) is 0 Å². The standard InChI is InChI=1S/C29H32F3N7O2/c1-18-22(16-36-39(18)24-9-6-19(14-35-24)29(30,31)32)25(40)37-20-7-8-23(34-15-20)28(17-33)12-10-21(11-13-28)38(5)26(41)27(2,3)4/h6-9,14-16,21H,10-13H2,1-5H3,(H,37,40). The van der Waals surface area contributed by atoms with Crippen LogP contribution in [-0.4, -0.2) is 49.6 Å². The van der Waals surface area contributed by atoms with Crippen molar-refractivity contribution in [1.29, 1.82) is 5.26 Å². The van der Waals surface area contributed by atoms with Gasteiger partial charge in [0.15, 0.2) is 5.82 Å². The molecular weight excluding hydrogens is 535 g/mol. The van der Waals surface area contributed by atoms with Crippen molar-refractivity contribution >= 4 is 17.5 Å². The van der Waals surface area contributed by atoms with E-state index >= 15 is 0 Å². The summed E-state index contributed by atoms with van der Waals surface area (Å²) in [5.41, 5.74) is -0.497. The molecule has 4 rings (SSSR count). The smallest absolute Gasteiger partial charge is 0.342 e. The predicted octanol–water partition coefficient (Wildman–Crippen LogP) is 5.45. The number of rotatable bonds is 5. The zero-order valence-corrected chi connectivity index (χ0v) is 23.6. The molecule has 9 nitrogen and oxygen atoms in total. The van der Waals surface area contributed by atoms with E-state index in [9.17, 15) is 28.0 Å². The van der Waals surface area contributed by atoms with Gasteiger partial charge in [-0.25, -0.2) is 9.67 Å². The zero-order valence-electron chi connectivity index (χ0n) is 23.6. The highest BCUT2D eigenvalue weighted by Gasteiger charge is 2.41. The fraction of sp³-hybridized carbons (Fsp3) is 0.448. The Labute approximate surface area is 236 Å². The molecule has 0 spiro atoms. The summed E-state index contributed by atoms with van der Waals surface area (Å²) in [6.45, 7) is 7.29. The Morgan fingerprint density at radius 2 is 1.76 bits per heavy atom. The number of halogens is 3. The zero-order chi connectivity index (χ0) is 30.2. The van der Waals surface area contributed by atoms with Crippen molar-refractivity contribution in [2.75, 3.05) is 12.4 Å². The topological polar surface area (TPSA) is 117 Å². The van der Waals surface area contributed by atoms with E-state index in [1.54, 1.807) is 24.0 Å². The number of nitrogens with zero attached hydrogens (tertiary/aromatic N) is 6. The summed E-state index contributed by atoms with van der Waals surface area (Å²) in [6.07, 6.45) is 1.51. The molecule has 0 saturated heterocycles. The van der Waals surface area contributed by atoms with Gasteiger partial charge in [-0.3, -0.25) is 14.6 Å². The minimum atomic E-state index is -4.51. The molecule has 0 aliphatic heterocycles. The van der Waals surface area contributed by atoms with Gasteiger partial charge >= 0.3 is 6.18 Å². The molecule has 1 aliphatic carbocycles. The Morgan fingerprint density at radius 3 is 2.27 bits per heavy atom. The van der Waals surface area contributed by atoms with Crippen LogP contribution in [0.5, 0.6) is 0 Å². The maximum atomic E-state index is 13.0. The van der Waals surface area contributed by atoms with Gasteiger partial charge in [0, 0.05) is 24.7 Å². The third kappa shape index (κ3) is 6.09. The molecule has 1 N–H and O–H groups in total. The number of anilines is 1. The van der Waals surface area contributed by atoms with Crippen molar-refractivity contribution in [2.45, 2.75) is 71.0 Å². The summed E-state index contributed by atoms with van der Waals surface area (Å²) in [5, 5.41) is 17.0. The summed E-state index contributed by atoms with van der Waals surface area (Å²) >= 11 is 0. The minimum absolute atomic E-state index is 0.0590. The van der Waals surface area contributed by atoms with Gasteiger partial charge in [-0.1, -0.05) is 20.8 Å². The fourth-order valence-corrected chi connectivity index (χ4v) is 5.09. The van der Waals surface area contributed by atoms with Crippen molar-refractivity contribution in [3.8, 4) is 11.9 Å². The van der Waals surface area contributed by atoms with Crippen LogP contribution >= 0.6 is 0 Å². The second-order valence-electron chi connectivity index (χ2n) is 11.4. The van der Waals surface area contributed by atoms with Crippen molar-refractivity contribution in [3.05, 3.63) is 65.4 Å². The molecule has 2 amide bonds. The van der Waals surface area contributed by atoms with Crippen LogP contribution < -0.4 is 5.32 Å². The quantitative estimate of drug-likeness (QED) is 0.438. The van der Waals surface area contributed by atoms with Crippen molar-refractivity contribution in [3.63, 3.8) is 0 Å². The number of amides is 2. The summed E-state index contributed by atoms with van der Waals surface area (Å²) in [4.78, 5) is 35.8. The van der Waals surface area contributed by atoms with E-state index in [1.165, 1.54) is 23.1 Å². The lowest BCUT2D eigenvalue weighted by Gasteiger charge is -2.40. The minimum Gasteiger partial charge on any atom is -0.342 e. The third-order valence-corrected chi connectivity index (χ3v) is 7.59. The number of hydrogen-bond acceptors (Lipinski definition) is 6. The number of carbonyl (C=O) groups is 2. The first kappa shape index (κ1) is 29.7. The van der Waals surface area contributed by atoms with E-state index in [0.29, 0.717) is 49.0 Å². The van der Waals surface area contributed by atoms with Crippen LogP contribution in [0.2, 0.25) is 0 Å². The molecule has 12 heteroatoms. The Balaban J connectivity index is 1.43. The number of alkyl halides is 3. The lowest BCUT2D eigenvalue weighted by atomic mass is 9.70. The predicted molar refractivity (Wildman–Crippen MR) is 145 cm³/mol. The molecule has 0 atom stereocenters. The second kappa shape index (κ2) is 11.0. The van der Waals surface area contributed by atoms with E-state index in [-0.39, 0.29) is 23.3 Å². The van der Waals surface area contributed by atoms with Gasteiger partial charge < -0.3 is 10.2 Å². The lowest BCUT2D eigenvalue weighted by Crippen LogP contribution is -2.46. The monoisotopic (exact) mass is 567 g/mol. The van der Waals surface area contributed by atoms with Crippen LogP contribution in [0, 0.1) is 23.7 Å². The van der Waals surface area contributed by atoms with Crippen LogP contribution in [0.3, 0.4) is 0 Å². The largest absolute Gasteiger partial charge is 0.417 e. The molecule has 1 aliphatic rings. The maximum Gasteiger partial charge on any atom is 0.417 e. The Hall–Kier alpha value is -4.27. The summed E-state index contributed by atoms with van der Waals surface area (Å²) in [7, 11) is 1.82. The van der Waals surface area contributed by atoms with Gasteiger partial charge in [0.05, 0.1) is 52.1 Å². The molecule has 3 aromatic heterocycles. The first-order valence-electron chi connectivity index (χ1n) is 13.2. The van der Waals surface area contributed by atoms with Crippen LogP contribution in [0.25, 0.3) is 5.82 Å². The average Bonchev–Trinajstić information content (AvgIpc) is 3.33. The van der Waals surface area contributed by atoms with E-state index in [1.807, 2.05) is 27.8 Å². The van der Waals surface area contributed by atoms with Crippen LogP contribution in [-0.2, 0) is 16.4 Å². The number of nitrogens with one attached hydrogen (secondary N) is 1. The van der Waals surface area contributed by atoms with Gasteiger partial charge in [0.2, 0.25) is 5.91 Å². The first-order valence-corrected chi connectivity index (χ1v) is 13.2. The van der Waals surface area contributed by atoms with Crippen molar-refractivity contribution < 1.29 is 22.8 Å². The summed E-state index contributed by atoms with van der Waals surface area (Å²) in [5.74, 6) is -0.259. The van der Waals surface area contributed by atoms with Crippen LogP contribution in [0.1, 0.15) is 73.8 Å². The van der Waals surface area contributed by atoms with E-state index in [2.05, 4.69) is 26.5 Å². The number of nitriles is 1. The molecule has 0 unspecified atom stereocenters. The number of pyridine rings is 2. The molecule has 1 saturated carbocycles. The summed E-state index contributed by atoms with van der Waals surface area (Å²) in [6, 6.07) is 8.00. The van der Waals surface area contributed by atoms with Gasteiger partial charge in [0.1, 0.15) is 0 Å². The Morgan fingerprint density at radius 1 is 1.07 bits per heavy atom. The highest BCUT2D eigenvalue weighted by atomic mass is 19.4. The SMILES string of the molecule is Cc1c(C(=O)Nc2ccc(C3(C#N)CCC(N(C)C(=O)C(C)(C)C)CC3)nc2)cnn1-c1ccc(C(F)(F)F)cn1. The van der Waals surface area contributed by atoms with Crippen LogP contribution in [0.15, 0.2) is 42.9 Å². The van der Waals surface area contributed by atoms with E-state index < -0.39 is 28.5 Å². The molecule has 41 heavy (non-hydrogen) atoms. The fourth-order valence-electron chi connectivity index (χ4n) is 5.09. The molecule has 216 valence electrons. The molecule has 0 bridgehead atoms. The molecule has 0 radical (unpaired) electrons. The van der Waals surface area contributed by atoms with E-state index in [4.69, 9.17) is 0 Å². The van der Waals surface area contributed by atoms with Crippen molar-refractivity contribution in [2.24, 2.45) is 5.41 Å². The lowest BCUT2D eigenvalue weighted by molar-refractivity contribution is -0.141.